The van der Waals surface area contributed by atoms with E-state index < -0.39 is 5.41 Å². The second-order valence-electron chi connectivity index (χ2n) is 6.10. The third-order valence-electron chi connectivity index (χ3n) is 4.58. The van der Waals surface area contributed by atoms with Crippen molar-refractivity contribution >= 4 is 17.5 Å². The molecule has 0 aromatic heterocycles. The van der Waals surface area contributed by atoms with Crippen LogP contribution in [0.2, 0.25) is 0 Å². The minimum Gasteiger partial charge on any atom is -0.399 e. The number of nitrogens with zero attached hydrogens (tertiary/aromatic N) is 2. The molecule has 1 aromatic carbocycles. The van der Waals surface area contributed by atoms with E-state index in [1.54, 1.807) is 16.8 Å². The molecule has 1 saturated carbocycles. The number of carbonyl (C=O) groups is 2. The first-order valence-electron chi connectivity index (χ1n) is 7.42. The molecule has 1 saturated heterocycles. The Morgan fingerprint density at radius 3 is 2.48 bits per heavy atom. The number of nitrogen functional groups attached to an aromatic ring is 1. The molecule has 5 nitrogen and oxygen atoms in total. The molecule has 1 aromatic rings. The third-order valence-corrected chi connectivity index (χ3v) is 4.58. The second-order valence-corrected chi connectivity index (χ2v) is 6.10. The molecule has 0 atom stereocenters. The zero-order valence-electron chi connectivity index (χ0n) is 12.3. The van der Waals surface area contributed by atoms with Gasteiger partial charge in [0.05, 0.1) is 12.0 Å². The van der Waals surface area contributed by atoms with E-state index in [0.29, 0.717) is 12.2 Å². The summed E-state index contributed by atoms with van der Waals surface area (Å²) in [4.78, 5) is 28.3. The lowest BCUT2D eigenvalue weighted by Gasteiger charge is -2.25. The Hall–Kier alpha value is -2.04. The summed E-state index contributed by atoms with van der Waals surface area (Å²) in [6, 6.07) is 7.55. The van der Waals surface area contributed by atoms with Gasteiger partial charge in [0.15, 0.2) is 0 Å². The van der Waals surface area contributed by atoms with Gasteiger partial charge >= 0.3 is 0 Å². The molecule has 0 bridgehead atoms. The standard InChI is InChI=1S/C16H21N3O2/c1-18-9-2-10-19(11-14(18)20)15(21)16(7-8-16)12-3-5-13(17)6-4-12/h3-6H,2,7-11,17H2,1H3. The van der Waals surface area contributed by atoms with E-state index in [9.17, 15) is 9.59 Å². The zero-order valence-corrected chi connectivity index (χ0v) is 12.3. The van der Waals surface area contributed by atoms with Crippen LogP contribution in [0.5, 0.6) is 0 Å². The highest BCUT2D eigenvalue weighted by Crippen LogP contribution is 2.49. The smallest absolute Gasteiger partial charge is 0.241 e. The average Bonchev–Trinajstić information content (AvgIpc) is 3.28. The van der Waals surface area contributed by atoms with Crippen LogP contribution in [0.4, 0.5) is 5.69 Å². The van der Waals surface area contributed by atoms with E-state index in [1.807, 2.05) is 24.3 Å². The van der Waals surface area contributed by atoms with Crippen molar-refractivity contribution in [2.75, 3.05) is 32.4 Å². The van der Waals surface area contributed by atoms with Gasteiger partial charge in [0.2, 0.25) is 11.8 Å². The van der Waals surface area contributed by atoms with Gasteiger partial charge in [-0.3, -0.25) is 9.59 Å². The van der Waals surface area contributed by atoms with Crippen molar-refractivity contribution in [3.8, 4) is 0 Å². The number of benzene rings is 1. The number of anilines is 1. The van der Waals surface area contributed by atoms with Gasteiger partial charge < -0.3 is 15.5 Å². The number of likely N-dealkylation sites (N-methyl/N-ethyl adjacent to an activating group) is 1. The van der Waals surface area contributed by atoms with E-state index in [-0.39, 0.29) is 18.4 Å². The van der Waals surface area contributed by atoms with Crippen LogP contribution in [0.1, 0.15) is 24.8 Å². The number of hydrogen-bond acceptors (Lipinski definition) is 3. The number of hydrogen-bond donors (Lipinski definition) is 1. The fourth-order valence-corrected chi connectivity index (χ4v) is 3.02. The quantitative estimate of drug-likeness (QED) is 0.825. The van der Waals surface area contributed by atoms with E-state index >= 15 is 0 Å². The summed E-state index contributed by atoms with van der Waals surface area (Å²) < 4.78 is 0. The van der Waals surface area contributed by atoms with Crippen molar-refractivity contribution in [2.24, 2.45) is 0 Å². The lowest BCUT2D eigenvalue weighted by molar-refractivity contribution is -0.139. The molecule has 1 aliphatic carbocycles. The van der Waals surface area contributed by atoms with Crippen molar-refractivity contribution in [1.29, 1.82) is 0 Å². The molecule has 2 N–H and O–H groups in total. The Balaban J connectivity index is 1.81. The molecular weight excluding hydrogens is 266 g/mol. The predicted molar refractivity (Wildman–Crippen MR) is 80.6 cm³/mol. The fourth-order valence-electron chi connectivity index (χ4n) is 3.02. The summed E-state index contributed by atoms with van der Waals surface area (Å²) in [7, 11) is 1.79. The van der Waals surface area contributed by atoms with Gasteiger partial charge in [-0.1, -0.05) is 12.1 Å². The fraction of sp³-hybridized carbons (Fsp3) is 0.500. The van der Waals surface area contributed by atoms with E-state index in [0.717, 1.165) is 31.4 Å². The number of rotatable bonds is 2. The largest absolute Gasteiger partial charge is 0.399 e. The maximum atomic E-state index is 12.9. The third kappa shape index (κ3) is 2.48. The lowest BCUT2D eigenvalue weighted by atomic mass is 9.94. The van der Waals surface area contributed by atoms with Crippen LogP contribution in [0.3, 0.4) is 0 Å². The van der Waals surface area contributed by atoms with Crippen LogP contribution < -0.4 is 5.73 Å². The van der Waals surface area contributed by atoms with Gasteiger partial charge in [-0.05, 0) is 37.0 Å². The van der Waals surface area contributed by atoms with Crippen LogP contribution in [0.15, 0.2) is 24.3 Å². The highest BCUT2D eigenvalue weighted by molar-refractivity contribution is 5.94. The predicted octanol–water partition coefficient (Wildman–Crippen LogP) is 0.991. The highest BCUT2D eigenvalue weighted by Gasteiger charge is 2.53. The molecule has 2 amide bonds. The first-order chi connectivity index (χ1) is 10.0. The normalized spacial score (nSPS) is 21.1. The molecule has 21 heavy (non-hydrogen) atoms. The van der Waals surface area contributed by atoms with Crippen molar-refractivity contribution < 1.29 is 9.59 Å². The minimum atomic E-state index is -0.420. The maximum absolute atomic E-state index is 12.9. The molecule has 0 spiro atoms. The Labute approximate surface area is 124 Å². The van der Waals surface area contributed by atoms with Crippen LogP contribution >= 0.6 is 0 Å². The molecule has 0 unspecified atom stereocenters. The summed E-state index contributed by atoms with van der Waals surface area (Å²) >= 11 is 0. The van der Waals surface area contributed by atoms with Gasteiger partial charge in [0, 0.05) is 25.8 Å². The Morgan fingerprint density at radius 2 is 1.86 bits per heavy atom. The van der Waals surface area contributed by atoms with Crippen molar-refractivity contribution in [2.45, 2.75) is 24.7 Å². The van der Waals surface area contributed by atoms with Crippen LogP contribution in [-0.4, -0.2) is 48.3 Å². The minimum absolute atomic E-state index is 0.0222. The summed E-state index contributed by atoms with van der Waals surface area (Å²) in [6.07, 6.45) is 2.55. The molecule has 3 rings (SSSR count). The maximum Gasteiger partial charge on any atom is 0.241 e. The molecule has 0 radical (unpaired) electrons. The van der Waals surface area contributed by atoms with E-state index in [1.165, 1.54) is 0 Å². The first kappa shape index (κ1) is 13.9. The van der Waals surface area contributed by atoms with E-state index in [2.05, 4.69) is 0 Å². The van der Waals surface area contributed by atoms with Gasteiger partial charge in [-0.2, -0.15) is 0 Å². The van der Waals surface area contributed by atoms with Gasteiger partial charge in [-0.25, -0.2) is 0 Å². The van der Waals surface area contributed by atoms with Gasteiger partial charge in [0.25, 0.3) is 0 Å². The second kappa shape index (κ2) is 5.06. The van der Waals surface area contributed by atoms with Crippen LogP contribution in [-0.2, 0) is 15.0 Å². The molecule has 2 aliphatic rings. The Morgan fingerprint density at radius 1 is 1.19 bits per heavy atom. The number of carbonyl (C=O) groups excluding carboxylic acids is 2. The number of nitrogens with two attached hydrogens (primary N) is 1. The monoisotopic (exact) mass is 287 g/mol. The topological polar surface area (TPSA) is 66.6 Å². The molecule has 2 fully saturated rings. The van der Waals surface area contributed by atoms with Crippen LogP contribution in [0, 0.1) is 0 Å². The van der Waals surface area contributed by atoms with Gasteiger partial charge in [-0.15, -0.1) is 0 Å². The summed E-state index contributed by atoms with van der Waals surface area (Å²) in [6.45, 7) is 1.58. The zero-order chi connectivity index (χ0) is 15.0. The summed E-state index contributed by atoms with van der Waals surface area (Å²) in [5.74, 6) is 0.116. The van der Waals surface area contributed by atoms with Crippen molar-refractivity contribution in [1.82, 2.24) is 9.80 Å². The molecule has 112 valence electrons. The van der Waals surface area contributed by atoms with Crippen molar-refractivity contribution in [3.63, 3.8) is 0 Å². The molecule has 5 heteroatoms. The summed E-state index contributed by atoms with van der Waals surface area (Å²) in [5.41, 5.74) is 7.02. The van der Waals surface area contributed by atoms with Crippen molar-refractivity contribution in [3.05, 3.63) is 29.8 Å². The van der Waals surface area contributed by atoms with Crippen LogP contribution in [0.25, 0.3) is 0 Å². The average molecular weight is 287 g/mol. The highest BCUT2D eigenvalue weighted by atomic mass is 16.2. The Bertz CT molecular complexity index is 563. The SMILES string of the molecule is CN1CCCN(C(=O)C2(c3ccc(N)cc3)CC2)CC1=O. The number of amides is 2. The molecule has 1 aliphatic heterocycles. The molecule has 1 heterocycles. The Kier molecular flexibility index (Phi) is 3.35. The first-order valence-corrected chi connectivity index (χ1v) is 7.42. The van der Waals surface area contributed by atoms with Gasteiger partial charge in [0.1, 0.15) is 0 Å². The summed E-state index contributed by atoms with van der Waals surface area (Å²) in [5, 5.41) is 0. The lowest BCUT2D eigenvalue weighted by Crippen LogP contribution is -2.43. The van der Waals surface area contributed by atoms with E-state index in [4.69, 9.17) is 5.73 Å². The molecular formula is C16H21N3O2.